The number of fused-ring (bicyclic) bond motifs is 1. The minimum Gasteiger partial charge on any atom is -0.378 e. The summed E-state index contributed by atoms with van der Waals surface area (Å²) in [6, 6.07) is 8.92. The van der Waals surface area contributed by atoms with Crippen molar-refractivity contribution in [3.05, 3.63) is 42.4 Å². The third kappa shape index (κ3) is 2.91. The van der Waals surface area contributed by atoms with Gasteiger partial charge in [0, 0.05) is 13.1 Å². The van der Waals surface area contributed by atoms with E-state index in [1.165, 1.54) is 10.9 Å². The zero-order valence-corrected chi connectivity index (χ0v) is 13.1. The van der Waals surface area contributed by atoms with Gasteiger partial charge >= 0.3 is 6.18 Å². The molecule has 3 heterocycles. The van der Waals surface area contributed by atoms with Gasteiger partial charge in [-0.05, 0) is 12.1 Å². The number of morpholine rings is 1. The number of halogens is 3. The van der Waals surface area contributed by atoms with E-state index in [0.29, 0.717) is 37.4 Å². The minimum absolute atomic E-state index is 0.134. The molecule has 0 saturated carbocycles. The monoisotopic (exact) mass is 349 g/mol. The van der Waals surface area contributed by atoms with Gasteiger partial charge in [-0.15, -0.1) is 0 Å². The second-order valence-corrected chi connectivity index (χ2v) is 5.60. The summed E-state index contributed by atoms with van der Waals surface area (Å²) >= 11 is 0. The van der Waals surface area contributed by atoms with E-state index >= 15 is 0 Å². The van der Waals surface area contributed by atoms with Gasteiger partial charge in [0.2, 0.25) is 5.82 Å². The Bertz CT molecular complexity index is 888. The van der Waals surface area contributed by atoms with Crippen molar-refractivity contribution < 1.29 is 17.9 Å². The van der Waals surface area contributed by atoms with Crippen molar-refractivity contribution in [3.8, 4) is 5.69 Å². The predicted octanol–water partition coefficient (Wildman–Crippen LogP) is 2.67. The molecule has 1 aliphatic rings. The summed E-state index contributed by atoms with van der Waals surface area (Å²) in [7, 11) is 0. The van der Waals surface area contributed by atoms with Crippen molar-refractivity contribution in [3.63, 3.8) is 0 Å². The second kappa shape index (κ2) is 5.99. The quantitative estimate of drug-likeness (QED) is 0.712. The topological polar surface area (TPSA) is 56.1 Å². The highest BCUT2D eigenvalue weighted by molar-refractivity contribution is 5.88. The van der Waals surface area contributed by atoms with Crippen LogP contribution in [0, 0.1) is 0 Å². The standard InChI is InChI=1S/C16H14F3N5O/c17-16(18,19)15-21-13(23-6-8-25-9-7-23)12-10-20-24(14(12)22-15)11-4-2-1-3-5-11/h1-5,10H,6-9H2. The summed E-state index contributed by atoms with van der Waals surface area (Å²) in [5.74, 6) is -0.929. The zero-order valence-electron chi connectivity index (χ0n) is 13.1. The fraction of sp³-hybridized carbons (Fsp3) is 0.312. The molecule has 3 aromatic rings. The summed E-state index contributed by atoms with van der Waals surface area (Å²) in [6.07, 6.45) is -3.13. The Morgan fingerprint density at radius 3 is 2.40 bits per heavy atom. The first kappa shape index (κ1) is 15.8. The van der Waals surface area contributed by atoms with E-state index in [-0.39, 0.29) is 11.5 Å². The number of nitrogens with zero attached hydrogens (tertiary/aromatic N) is 5. The average molecular weight is 349 g/mol. The highest BCUT2D eigenvalue weighted by Crippen LogP contribution is 2.32. The molecule has 9 heteroatoms. The van der Waals surface area contributed by atoms with Crippen LogP contribution in [0.2, 0.25) is 0 Å². The molecule has 0 bridgehead atoms. The van der Waals surface area contributed by atoms with Gasteiger partial charge in [-0.2, -0.15) is 18.3 Å². The molecule has 130 valence electrons. The van der Waals surface area contributed by atoms with Gasteiger partial charge in [-0.1, -0.05) is 18.2 Å². The number of para-hydroxylation sites is 1. The van der Waals surface area contributed by atoms with E-state index in [1.807, 2.05) is 6.07 Å². The molecule has 0 aliphatic carbocycles. The number of alkyl halides is 3. The highest BCUT2D eigenvalue weighted by atomic mass is 19.4. The molecule has 0 N–H and O–H groups in total. The van der Waals surface area contributed by atoms with Gasteiger partial charge in [0.15, 0.2) is 5.65 Å². The van der Waals surface area contributed by atoms with Crippen molar-refractivity contribution in [1.82, 2.24) is 19.7 Å². The molecule has 0 unspecified atom stereocenters. The summed E-state index contributed by atoms with van der Waals surface area (Å²) in [6.45, 7) is 1.83. The smallest absolute Gasteiger partial charge is 0.378 e. The van der Waals surface area contributed by atoms with Crippen molar-refractivity contribution in [2.75, 3.05) is 31.2 Å². The first-order valence-corrected chi connectivity index (χ1v) is 7.75. The van der Waals surface area contributed by atoms with E-state index in [9.17, 15) is 13.2 Å². The summed E-state index contributed by atoms with van der Waals surface area (Å²) in [4.78, 5) is 9.31. The van der Waals surface area contributed by atoms with Crippen molar-refractivity contribution in [1.29, 1.82) is 0 Å². The summed E-state index contributed by atoms with van der Waals surface area (Å²) in [5.41, 5.74) is 0.771. The van der Waals surface area contributed by atoms with Crippen LogP contribution < -0.4 is 4.90 Å². The lowest BCUT2D eigenvalue weighted by Crippen LogP contribution is -2.37. The number of benzene rings is 1. The summed E-state index contributed by atoms with van der Waals surface area (Å²) in [5, 5.41) is 4.72. The Kier molecular flexibility index (Phi) is 3.79. The highest BCUT2D eigenvalue weighted by Gasteiger charge is 2.37. The van der Waals surface area contributed by atoms with Crippen LogP contribution in [0.3, 0.4) is 0 Å². The molecular weight excluding hydrogens is 335 g/mol. The lowest BCUT2D eigenvalue weighted by atomic mass is 10.3. The van der Waals surface area contributed by atoms with Crippen LogP contribution in [-0.2, 0) is 10.9 Å². The van der Waals surface area contributed by atoms with E-state index in [1.54, 1.807) is 29.2 Å². The molecule has 0 radical (unpaired) electrons. The van der Waals surface area contributed by atoms with E-state index in [0.717, 1.165) is 0 Å². The fourth-order valence-corrected chi connectivity index (χ4v) is 2.79. The molecule has 2 aromatic heterocycles. The van der Waals surface area contributed by atoms with Gasteiger partial charge in [0.05, 0.1) is 30.5 Å². The molecule has 0 spiro atoms. The van der Waals surface area contributed by atoms with Crippen LogP contribution in [-0.4, -0.2) is 46.1 Å². The van der Waals surface area contributed by atoms with Crippen molar-refractivity contribution >= 4 is 16.9 Å². The van der Waals surface area contributed by atoms with E-state index in [2.05, 4.69) is 15.1 Å². The summed E-state index contributed by atoms with van der Waals surface area (Å²) < 4.78 is 46.6. The molecule has 25 heavy (non-hydrogen) atoms. The largest absolute Gasteiger partial charge is 0.451 e. The number of hydrogen-bond acceptors (Lipinski definition) is 5. The van der Waals surface area contributed by atoms with E-state index < -0.39 is 12.0 Å². The third-order valence-corrected chi connectivity index (χ3v) is 3.97. The molecule has 1 fully saturated rings. The number of ether oxygens (including phenoxy) is 1. The van der Waals surface area contributed by atoms with Crippen LogP contribution in [0.15, 0.2) is 36.5 Å². The van der Waals surface area contributed by atoms with Gasteiger partial charge in [0.1, 0.15) is 5.82 Å². The van der Waals surface area contributed by atoms with Crippen molar-refractivity contribution in [2.24, 2.45) is 0 Å². The van der Waals surface area contributed by atoms with Crippen LogP contribution in [0.25, 0.3) is 16.7 Å². The molecule has 1 saturated heterocycles. The minimum atomic E-state index is -4.64. The maximum Gasteiger partial charge on any atom is 0.451 e. The number of aromatic nitrogens is 4. The number of hydrogen-bond donors (Lipinski definition) is 0. The van der Waals surface area contributed by atoms with E-state index in [4.69, 9.17) is 4.74 Å². The van der Waals surface area contributed by atoms with Crippen molar-refractivity contribution in [2.45, 2.75) is 6.18 Å². The van der Waals surface area contributed by atoms with Crippen LogP contribution in [0.5, 0.6) is 0 Å². The number of rotatable bonds is 2. The zero-order chi connectivity index (χ0) is 17.4. The third-order valence-electron chi connectivity index (χ3n) is 3.97. The van der Waals surface area contributed by atoms with Crippen LogP contribution in [0.1, 0.15) is 5.82 Å². The molecule has 6 nitrogen and oxygen atoms in total. The normalized spacial score (nSPS) is 15.7. The second-order valence-electron chi connectivity index (χ2n) is 5.60. The first-order valence-electron chi connectivity index (χ1n) is 7.75. The molecular formula is C16H14F3N5O. The van der Waals surface area contributed by atoms with Gasteiger partial charge in [-0.3, -0.25) is 0 Å². The van der Waals surface area contributed by atoms with Crippen LogP contribution >= 0.6 is 0 Å². The Morgan fingerprint density at radius 1 is 1.00 bits per heavy atom. The Morgan fingerprint density at radius 2 is 1.72 bits per heavy atom. The van der Waals surface area contributed by atoms with Crippen LogP contribution in [0.4, 0.5) is 19.0 Å². The molecule has 0 atom stereocenters. The molecule has 1 aliphatic heterocycles. The maximum atomic E-state index is 13.3. The number of anilines is 1. The van der Waals surface area contributed by atoms with Gasteiger partial charge < -0.3 is 9.64 Å². The fourth-order valence-electron chi connectivity index (χ4n) is 2.79. The lowest BCUT2D eigenvalue weighted by molar-refractivity contribution is -0.144. The molecule has 0 amide bonds. The lowest BCUT2D eigenvalue weighted by Gasteiger charge is -2.28. The Hall–Kier alpha value is -2.68. The van der Waals surface area contributed by atoms with Gasteiger partial charge in [-0.25, -0.2) is 14.6 Å². The predicted molar refractivity (Wildman–Crippen MR) is 84.7 cm³/mol. The SMILES string of the molecule is FC(F)(F)c1nc(N2CCOCC2)c2cnn(-c3ccccc3)c2n1. The van der Waals surface area contributed by atoms with Gasteiger partial charge in [0.25, 0.3) is 0 Å². The first-order chi connectivity index (χ1) is 12.0. The Labute approximate surface area is 140 Å². The molecule has 1 aromatic carbocycles. The molecule has 4 rings (SSSR count). The Balaban J connectivity index is 1.93. The maximum absolute atomic E-state index is 13.3. The average Bonchev–Trinajstić information content (AvgIpc) is 3.06.